The van der Waals surface area contributed by atoms with Crippen LogP contribution in [0.4, 0.5) is 5.69 Å². The van der Waals surface area contributed by atoms with Crippen LogP contribution in [0.5, 0.6) is 5.75 Å². The van der Waals surface area contributed by atoms with E-state index in [-0.39, 0.29) is 5.88 Å². The van der Waals surface area contributed by atoms with Crippen molar-refractivity contribution in [2.45, 2.75) is 12.5 Å². The van der Waals surface area contributed by atoms with Crippen molar-refractivity contribution in [1.29, 1.82) is 0 Å². The van der Waals surface area contributed by atoms with Crippen molar-refractivity contribution in [3.8, 4) is 5.75 Å². The van der Waals surface area contributed by atoms with Gasteiger partial charge in [-0.3, -0.25) is 0 Å². The molecule has 0 radical (unpaired) electrons. The van der Waals surface area contributed by atoms with Crippen molar-refractivity contribution in [2.24, 2.45) is 0 Å². The fourth-order valence-corrected chi connectivity index (χ4v) is 2.54. The molecule has 20 heavy (non-hydrogen) atoms. The van der Waals surface area contributed by atoms with Crippen molar-refractivity contribution < 1.29 is 9.84 Å². The second-order valence-corrected chi connectivity index (χ2v) is 5.70. The number of hydrogen-bond acceptors (Lipinski definition) is 4. The number of benzene rings is 1. The van der Waals surface area contributed by atoms with Gasteiger partial charge in [-0.05, 0) is 23.6 Å². The van der Waals surface area contributed by atoms with Crippen LogP contribution in [-0.4, -0.2) is 30.2 Å². The maximum atomic E-state index is 9.48. The molecule has 3 nitrogen and oxygen atoms in total. The number of rotatable bonds is 8. The topological polar surface area (TPSA) is 41.5 Å². The number of hydrogen-bond donors (Lipinski definition) is 2. The smallest absolute Gasteiger partial charge is 0.142 e. The molecule has 0 bridgehead atoms. The molecule has 5 heteroatoms. The van der Waals surface area contributed by atoms with Crippen molar-refractivity contribution in [1.82, 2.24) is 0 Å². The van der Waals surface area contributed by atoms with E-state index in [1.807, 2.05) is 30.3 Å². The minimum atomic E-state index is -0.559. The van der Waals surface area contributed by atoms with Gasteiger partial charge in [-0.1, -0.05) is 18.2 Å². The number of alkyl halides is 1. The molecule has 0 aliphatic heterocycles. The van der Waals surface area contributed by atoms with E-state index in [0.717, 1.165) is 17.9 Å². The number of para-hydroxylation sites is 2. The third kappa shape index (κ3) is 4.71. The minimum absolute atomic E-state index is 0.217. The molecule has 0 aliphatic carbocycles. The predicted molar refractivity (Wildman–Crippen MR) is 85.2 cm³/mol. The van der Waals surface area contributed by atoms with Gasteiger partial charge in [0.1, 0.15) is 5.75 Å². The van der Waals surface area contributed by atoms with E-state index in [4.69, 9.17) is 16.3 Å². The largest absolute Gasteiger partial charge is 0.491 e. The zero-order valence-electron chi connectivity index (χ0n) is 11.1. The molecule has 108 valence electrons. The molecule has 1 unspecified atom stereocenters. The number of anilines is 1. The highest BCUT2D eigenvalue weighted by molar-refractivity contribution is 7.09. The van der Waals surface area contributed by atoms with Gasteiger partial charge in [0, 0.05) is 17.8 Å². The molecular weight excluding hydrogens is 294 g/mol. The number of thiophene rings is 1. The van der Waals surface area contributed by atoms with Gasteiger partial charge < -0.3 is 15.2 Å². The molecule has 2 rings (SSSR count). The Morgan fingerprint density at radius 3 is 2.85 bits per heavy atom. The van der Waals surface area contributed by atoms with Gasteiger partial charge in [-0.15, -0.1) is 22.9 Å². The van der Waals surface area contributed by atoms with Crippen molar-refractivity contribution in [3.63, 3.8) is 0 Å². The summed E-state index contributed by atoms with van der Waals surface area (Å²) in [5.41, 5.74) is 0.878. The molecule has 0 amide bonds. The number of nitrogens with one attached hydrogen (secondary N) is 1. The third-order valence-electron chi connectivity index (χ3n) is 2.78. The highest BCUT2D eigenvalue weighted by Gasteiger charge is 2.06. The zero-order chi connectivity index (χ0) is 14.2. The summed E-state index contributed by atoms with van der Waals surface area (Å²) in [4.78, 5) is 1.31. The first-order valence-electron chi connectivity index (χ1n) is 6.51. The molecule has 1 aromatic carbocycles. The van der Waals surface area contributed by atoms with Crippen LogP contribution in [0, 0.1) is 0 Å². The van der Waals surface area contributed by atoms with Crippen LogP contribution in [0.1, 0.15) is 4.88 Å². The molecule has 1 atom stereocenters. The number of ether oxygens (including phenoxy) is 1. The first-order chi connectivity index (χ1) is 9.79. The molecule has 1 heterocycles. The Kier molecular flexibility index (Phi) is 6.18. The van der Waals surface area contributed by atoms with E-state index in [1.54, 1.807) is 11.3 Å². The van der Waals surface area contributed by atoms with Gasteiger partial charge in [0.15, 0.2) is 0 Å². The van der Waals surface area contributed by atoms with Gasteiger partial charge >= 0.3 is 0 Å². The molecule has 0 aliphatic rings. The monoisotopic (exact) mass is 311 g/mol. The molecule has 2 aromatic rings. The van der Waals surface area contributed by atoms with Gasteiger partial charge in [-0.2, -0.15) is 0 Å². The van der Waals surface area contributed by atoms with E-state index < -0.39 is 6.10 Å². The van der Waals surface area contributed by atoms with Crippen LogP contribution in [0.3, 0.4) is 0 Å². The Labute approximate surface area is 128 Å². The lowest BCUT2D eigenvalue weighted by atomic mass is 10.2. The van der Waals surface area contributed by atoms with Gasteiger partial charge in [0.2, 0.25) is 0 Å². The lowest BCUT2D eigenvalue weighted by molar-refractivity contribution is 0.211. The quantitative estimate of drug-likeness (QED) is 0.734. The SMILES string of the molecule is OC(CCl)CNc1ccccc1OCCc1cccs1. The average Bonchev–Trinajstić information content (AvgIpc) is 2.99. The van der Waals surface area contributed by atoms with E-state index in [0.29, 0.717) is 13.2 Å². The summed E-state index contributed by atoms with van der Waals surface area (Å²) >= 11 is 7.31. The molecule has 0 fully saturated rings. The van der Waals surface area contributed by atoms with Crippen molar-refractivity contribution in [2.75, 3.05) is 24.3 Å². The number of aliphatic hydroxyl groups excluding tert-OH is 1. The summed E-state index contributed by atoms with van der Waals surface area (Å²) in [6.45, 7) is 1.05. The van der Waals surface area contributed by atoms with Gasteiger partial charge in [0.05, 0.1) is 24.3 Å². The lowest BCUT2D eigenvalue weighted by Crippen LogP contribution is -2.21. The fraction of sp³-hybridized carbons (Fsp3) is 0.333. The molecule has 0 spiro atoms. The standard InChI is InChI=1S/C15H18ClNO2S/c16-10-12(18)11-17-14-5-1-2-6-15(14)19-8-7-13-4-3-9-20-13/h1-6,9,12,17-18H,7-8,10-11H2. The fourth-order valence-electron chi connectivity index (χ4n) is 1.74. The van der Waals surface area contributed by atoms with Gasteiger partial charge in [-0.25, -0.2) is 0 Å². The zero-order valence-corrected chi connectivity index (χ0v) is 12.7. The van der Waals surface area contributed by atoms with E-state index in [2.05, 4.69) is 16.8 Å². The van der Waals surface area contributed by atoms with Crippen molar-refractivity contribution in [3.05, 3.63) is 46.7 Å². The van der Waals surface area contributed by atoms with Crippen LogP contribution >= 0.6 is 22.9 Å². The normalized spacial score (nSPS) is 12.1. The van der Waals surface area contributed by atoms with Crippen LogP contribution in [-0.2, 0) is 6.42 Å². The molecule has 0 saturated heterocycles. The molecule has 1 aromatic heterocycles. The summed E-state index contributed by atoms with van der Waals surface area (Å²) in [5.74, 6) is 1.01. The summed E-state index contributed by atoms with van der Waals surface area (Å²) in [5, 5.41) is 14.7. The van der Waals surface area contributed by atoms with E-state index in [9.17, 15) is 5.11 Å². The Balaban J connectivity index is 1.86. The summed E-state index contributed by atoms with van der Waals surface area (Å²) in [7, 11) is 0. The van der Waals surface area contributed by atoms with Crippen LogP contribution in [0.15, 0.2) is 41.8 Å². The van der Waals surface area contributed by atoms with E-state index >= 15 is 0 Å². The molecular formula is C15H18ClNO2S. The number of aliphatic hydroxyl groups is 1. The van der Waals surface area contributed by atoms with Crippen molar-refractivity contribution >= 4 is 28.6 Å². The first-order valence-corrected chi connectivity index (χ1v) is 7.93. The maximum absolute atomic E-state index is 9.48. The Bertz CT molecular complexity index is 504. The second-order valence-electron chi connectivity index (χ2n) is 4.36. The average molecular weight is 312 g/mol. The molecule has 0 saturated carbocycles. The highest BCUT2D eigenvalue weighted by Crippen LogP contribution is 2.24. The van der Waals surface area contributed by atoms with Gasteiger partial charge in [0.25, 0.3) is 0 Å². The Morgan fingerprint density at radius 1 is 1.25 bits per heavy atom. The summed E-state index contributed by atoms with van der Waals surface area (Å²) in [6.07, 6.45) is 0.340. The second kappa shape index (κ2) is 8.15. The maximum Gasteiger partial charge on any atom is 0.142 e. The van der Waals surface area contributed by atoms with Crippen LogP contribution < -0.4 is 10.1 Å². The minimum Gasteiger partial charge on any atom is -0.491 e. The highest BCUT2D eigenvalue weighted by atomic mass is 35.5. The van der Waals surface area contributed by atoms with Crippen LogP contribution in [0.25, 0.3) is 0 Å². The summed E-state index contributed by atoms with van der Waals surface area (Å²) in [6, 6.07) is 11.9. The lowest BCUT2D eigenvalue weighted by Gasteiger charge is -2.14. The Morgan fingerprint density at radius 2 is 2.10 bits per heavy atom. The van der Waals surface area contributed by atoms with E-state index in [1.165, 1.54) is 4.88 Å². The number of halogens is 1. The Hall–Kier alpha value is -1.23. The third-order valence-corrected chi connectivity index (χ3v) is 4.07. The molecule has 2 N–H and O–H groups in total. The first kappa shape index (κ1) is 15.2. The van der Waals surface area contributed by atoms with Crippen LogP contribution in [0.2, 0.25) is 0 Å². The summed E-state index contributed by atoms with van der Waals surface area (Å²) < 4.78 is 5.81. The predicted octanol–water partition coefficient (Wildman–Crippen LogP) is 3.38.